The van der Waals surface area contributed by atoms with Crippen LogP contribution in [0.2, 0.25) is 5.02 Å². The molecule has 2 aromatic carbocycles. The highest BCUT2D eigenvalue weighted by atomic mass is 35.5. The Morgan fingerprint density at radius 3 is 2.78 bits per heavy atom. The molecule has 23 heavy (non-hydrogen) atoms. The van der Waals surface area contributed by atoms with Gasteiger partial charge < -0.3 is 10.3 Å². The summed E-state index contributed by atoms with van der Waals surface area (Å²) in [6.07, 6.45) is 0.441. The fourth-order valence-electron chi connectivity index (χ4n) is 2.18. The van der Waals surface area contributed by atoms with Crippen LogP contribution in [-0.2, 0) is 11.3 Å². The molecule has 0 aliphatic carbocycles. The van der Waals surface area contributed by atoms with E-state index in [-0.39, 0.29) is 5.91 Å². The molecule has 4 nitrogen and oxygen atoms in total. The van der Waals surface area contributed by atoms with Crippen LogP contribution in [0, 0.1) is 0 Å². The molecule has 6 heteroatoms. The summed E-state index contributed by atoms with van der Waals surface area (Å²) in [5.41, 5.74) is 1.89. The van der Waals surface area contributed by atoms with Crippen molar-refractivity contribution in [2.24, 2.45) is 0 Å². The van der Waals surface area contributed by atoms with Gasteiger partial charge >= 0.3 is 0 Å². The van der Waals surface area contributed by atoms with Gasteiger partial charge in [0.05, 0.1) is 22.6 Å². The predicted octanol–water partition coefficient (Wildman–Crippen LogP) is 4.01. The van der Waals surface area contributed by atoms with Crippen LogP contribution in [0.5, 0.6) is 0 Å². The molecule has 3 aromatic rings. The van der Waals surface area contributed by atoms with Gasteiger partial charge in [-0.25, -0.2) is 4.98 Å². The maximum Gasteiger partial charge on any atom is 0.221 e. The Balaban J connectivity index is 1.45. The summed E-state index contributed by atoms with van der Waals surface area (Å²) in [4.78, 5) is 20.5. The topological polar surface area (TPSA) is 57.8 Å². The fourth-order valence-corrected chi connectivity index (χ4v) is 3.36. The number of hydrogen-bond acceptors (Lipinski definition) is 3. The number of aromatic amines is 1. The second kappa shape index (κ2) is 7.53. The molecule has 0 spiro atoms. The summed E-state index contributed by atoms with van der Waals surface area (Å²) >= 11 is 7.67. The zero-order valence-electron chi connectivity index (χ0n) is 12.4. The third kappa shape index (κ3) is 4.27. The van der Waals surface area contributed by atoms with Gasteiger partial charge in [-0.1, -0.05) is 35.9 Å². The number of benzene rings is 2. The maximum absolute atomic E-state index is 11.9. The van der Waals surface area contributed by atoms with Crippen LogP contribution in [0.1, 0.15) is 12.2 Å². The molecule has 0 aliphatic rings. The molecule has 0 saturated heterocycles. The third-order valence-corrected chi connectivity index (χ3v) is 4.83. The van der Waals surface area contributed by atoms with Crippen molar-refractivity contribution < 1.29 is 4.79 Å². The number of nitrogens with one attached hydrogen (secondary N) is 2. The first kappa shape index (κ1) is 15.9. The van der Waals surface area contributed by atoms with Crippen LogP contribution >= 0.6 is 23.4 Å². The number of carbonyl (C=O) groups excluding carboxylic acids is 1. The molecule has 0 bridgehead atoms. The lowest BCUT2D eigenvalue weighted by Crippen LogP contribution is -2.23. The summed E-state index contributed by atoms with van der Waals surface area (Å²) < 4.78 is 0. The lowest BCUT2D eigenvalue weighted by Gasteiger charge is -2.05. The van der Waals surface area contributed by atoms with Crippen molar-refractivity contribution in [1.29, 1.82) is 0 Å². The average molecular weight is 346 g/mol. The Bertz CT molecular complexity index is 785. The largest absolute Gasteiger partial charge is 0.349 e. The van der Waals surface area contributed by atoms with Gasteiger partial charge in [-0.3, -0.25) is 4.79 Å². The first-order chi connectivity index (χ1) is 11.2. The normalized spacial score (nSPS) is 10.8. The van der Waals surface area contributed by atoms with E-state index < -0.39 is 0 Å². The molecule has 3 rings (SSSR count). The number of para-hydroxylation sites is 2. The van der Waals surface area contributed by atoms with Crippen LogP contribution in [0.15, 0.2) is 53.4 Å². The number of aromatic nitrogens is 2. The number of halogens is 1. The van der Waals surface area contributed by atoms with E-state index in [1.807, 2.05) is 48.5 Å². The van der Waals surface area contributed by atoms with Crippen LogP contribution in [-0.4, -0.2) is 21.6 Å². The molecule has 0 atom stereocenters. The lowest BCUT2D eigenvalue weighted by molar-refractivity contribution is -0.120. The standard InChI is InChI=1S/C17H16ClN3OS/c18-12-5-1-4-8-15(12)23-10-9-17(22)19-11-16-20-13-6-2-3-7-14(13)21-16/h1-8H,9-11H2,(H,19,22)(H,20,21). The zero-order valence-corrected chi connectivity index (χ0v) is 14.0. The highest BCUT2D eigenvalue weighted by Crippen LogP contribution is 2.26. The molecule has 0 unspecified atom stereocenters. The minimum absolute atomic E-state index is 0.00464. The second-order valence-corrected chi connectivity index (χ2v) is 6.55. The minimum Gasteiger partial charge on any atom is -0.349 e. The Morgan fingerprint density at radius 2 is 1.96 bits per heavy atom. The number of imidazole rings is 1. The number of thioether (sulfide) groups is 1. The van der Waals surface area contributed by atoms with Crippen molar-refractivity contribution >= 4 is 40.3 Å². The smallest absolute Gasteiger partial charge is 0.221 e. The van der Waals surface area contributed by atoms with Gasteiger partial charge in [-0.2, -0.15) is 0 Å². The quantitative estimate of drug-likeness (QED) is 0.663. The molecular weight excluding hydrogens is 330 g/mol. The molecule has 0 aliphatic heterocycles. The molecule has 2 N–H and O–H groups in total. The van der Waals surface area contributed by atoms with E-state index in [0.717, 1.165) is 26.8 Å². The van der Waals surface area contributed by atoms with Crippen molar-refractivity contribution in [2.45, 2.75) is 17.9 Å². The average Bonchev–Trinajstić information content (AvgIpc) is 2.98. The number of fused-ring (bicyclic) bond motifs is 1. The van der Waals surface area contributed by atoms with Gasteiger partial charge in [0.25, 0.3) is 0 Å². The Morgan fingerprint density at radius 1 is 1.17 bits per heavy atom. The zero-order chi connectivity index (χ0) is 16.1. The first-order valence-corrected chi connectivity index (χ1v) is 8.66. The molecule has 0 saturated carbocycles. The van der Waals surface area contributed by atoms with Crippen molar-refractivity contribution in [3.05, 3.63) is 59.4 Å². The molecule has 1 aromatic heterocycles. The van der Waals surface area contributed by atoms with Crippen LogP contribution < -0.4 is 5.32 Å². The highest BCUT2D eigenvalue weighted by Gasteiger charge is 2.06. The minimum atomic E-state index is 0.00464. The molecule has 0 fully saturated rings. The number of hydrogen-bond donors (Lipinski definition) is 2. The van der Waals surface area contributed by atoms with Crippen molar-refractivity contribution in [2.75, 3.05) is 5.75 Å². The summed E-state index contributed by atoms with van der Waals surface area (Å²) in [5, 5.41) is 3.60. The van der Waals surface area contributed by atoms with Crippen LogP contribution in [0.25, 0.3) is 11.0 Å². The van der Waals surface area contributed by atoms with Crippen molar-refractivity contribution in [3.8, 4) is 0 Å². The number of H-pyrrole nitrogens is 1. The summed E-state index contributed by atoms with van der Waals surface area (Å²) in [7, 11) is 0. The van der Waals surface area contributed by atoms with E-state index in [2.05, 4.69) is 15.3 Å². The molecule has 118 valence electrons. The van der Waals surface area contributed by atoms with Crippen molar-refractivity contribution in [3.63, 3.8) is 0 Å². The number of amides is 1. The lowest BCUT2D eigenvalue weighted by atomic mass is 10.3. The monoisotopic (exact) mass is 345 g/mol. The summed E-state index contributed by atoms with van der Waals surface area (Å²) in [6, 6.07) is 15.4. The van der Waals surface area contributed by atoms with Gasteiger partial charge in [0.15, 0.2) is 0 Å². The van der Waals surface area contributed by atoms with E-state index in [1.165, 1.54) is 0 Å². The first-order valence-electron chi connectivity index (χ1n) is 7.30. The summed E-state index contributed by atoms with van der Waals surface area (Å²) in [6.45, 7) is 0.407. The Hall–Kier alpha value is -1.98. The molecule has 1 heterocycles. The second-order valence-electron chi connectivity index (χ2n) is 5.01. The van der Waals surface area contributed by atoms with E-state index in [0.29, 0.717) is 18.7 Å². The van der Waals surface area contributed by atoms with Gasteiger partial charge in [0.1, 0.15) is 5.82 Å². The summed E-state index contributed by atoms with van der Waals surface area (Å²) in [5.74, 6) is 1.46. The molecule has 0 radical (unpaired) electrons. The number of carbonyl (C=O) groups is 1. The van der Waals surface area contributed by atoms with Crippen LogP contribution in [0.3, 0.4) is 0 Å². The highest BCUT2D eigenvalue weighted by molar-refractivity contribution is 7.99. The molecular formula is C17H16ClN3OS. The van der Waals surface area contributed by atoms with Gasteiger partial charge in [-0.05, 0) is 24.3 Å². The SMILES string of the molecule is O=C(CCSc1ccccc1Cl)NCc1nc2ccccc2[nH]1. The Kier molecular flexibility index (Phi) is 5.20. The number of nitrogens with zero attached hydrogens (tertiary/aromatic N) is 1. The van der Waals surface area contributed by atoms with Gasteiger partial charge in [0, 0.05) is 17.1 Å². The van der Waals surface area contributed by atoms with E-state index in [1.54, 1.807) is 11.8 Å². The predicted molar refractivity (Wildman–Crippen MR) is 94.7 cm³/mol. The van der Waals surface area contributed by atoms with Crippen molar-refractivity contribution in [1.82, 2.24) is 15.3 Å². The Labute approximate surface area is 143 Å². The van der Waals surface area contributed by atoms with E-state index in [9.17, 15) is 4.79 Å². The van der Waals surface area contributed by atoms with Crippen LogP contribution in [0.4, 0.5) is 0 Å². The fraction of sp³-hybridized carbons (Fsp3) is 0.176. The van der Waals surface area contributed by atoms with Gasteiger partial charge in [0.2, 0.25) is 5.91 Å². The van der Waals surface area contributed by atoms with E-state index >= 15 is 0 Å². The number of rotatable bonds is 6. The maximum atomic E-state index is 11.9. The van der Waals surface area contributed by atoms with E-state index in [4.69, 9.17) is 11.6 Å². The molecule has 1 amide bonds. The third-order valence-electron chi connectivity index (χ3n) is 3.31. The van der Waals surface area contributed by atoms with Gasteiger partial charge in [-0.15, -0.1) is 11.8 Å².